The fourth-order valence-corrected chi connectivity index (χ4v) is 3.10. The average molecular weight is 308 g/mol. The summed E-state index contributed by atoms with van der Waals surface area (Å²) in [6.45, 7) is 2.16. The van der Waals surface area contributed by atoms with Crippen molar-refractivity contribution >= 4 is 10.9 Å². The number of para-hydroxylation sites is 1. The summed E-state index contributed by atoms with van der Waals surface area (Å²) in [4.78, 5) is 3.31. The third-order valence-corrected chi connectivity index (χ3v) is 4.63. The first-order valence-electron chi connectivity index (χ1n) is 8.18. The lowest BCUT2D eigenvalue weighted by Crippen LogP contribution is -2.31. The number of H-pyrrole nitrogens is 1. The second-order valence-electron chi connectivity index (χ2n) is 6.37. The van der Waals surface area contributed by atoms with Crippen LogP contribution in [0.5, 0.6) is 0 Å². The van der Waals surface area contributed by atoms with E-state index in [4.69, 9.17) is 5.73 Å². The molecule has 0 aliphatic heterocycles. The lowest BCUT2D eigenvalue weighted by Gasteiger charge is -2.22. The van der Waals surface area contributed by atoms with Crippen LogP contribution in [0.25, 0.3) is 10.9 Å². The molecule has 3 unspecified atom stereocenters. The number of aliphatic hydroxyl groups excluding tert-OH is 1. The summed E-state index contributed by atoms with van der Waals surface area (Å²) < 4.78 is 0. The number of nitrogens with one attached hydrogen (secondary N) is 1. The van der Waals surface area contributed by atoms with Gasteiger partial charge in [-0.25, -0.2) is 0 Å². The van der Waals surface area contributed by atoms with Crippen molar-refractivity contribution in [3.05, 3.63) is 71.9 Å². The number of aromatic nitrogens is 1. The molecule has 0 saturated carbocycles. The molecule has 0 bridgehead atoms. The summed E-state index contributed by atoms with van der Waals surface area (Å²) in [6.07, 6.45) is 3.05. The Bertz CT molecular complexity index is 750. The quantitative estimate of drug-likeness (QED) is 0.648. The van der Waals surface area contributed by atoms with Crippen molar-refractivity contribution in [1.29, 1.82) is 0 Å². The van der Waals surface area contributed by atoms with Crippen LogP contribution >= 0.6 is 0 Å². The van der Waals surface area contributed by atoms with E-state index in [9.17, 15) is 5.11 Å². The summed E-state index contributed by atoms with van der Waals surface area (Å²) in [6, 6.07) is 18.0. The molecular formula is C20H24N2O. The van der Waals surface area contributed by atoms with Gasteiger partial charge in [0, 0.05) is 23.1 Å². The van der Waals surface area contributed by atoms with Crippen LogP contribution in [0.3, 0.4) is 0 Å². The Morgan fingerprint density at radius 2 is 1.74 bits per heavy atom. The molecule has 1 heterocycles. The van der Waals surface area contributed by atoms with Crippen LogP contribution < -0.4 is 5.73 Å². The van der Waals surface area contributed by atoms with Gasteiger partial charge < -0.3 is 15.8 Å². The zero-order valence-electron chi connectivity index (χ0n) is 13.4. The molecule has 1 aromatic heterocycles. The van der Waals surface area contributed by atoms with E-state index in [1.807, 2.05) is 36.4 Å². The van der Waals surface area contributed by atoms with E-state index in [2.05, 4.69) is 36.3 Å². The van der Waals surface area contributed by atoms with Gasteiger partial charge in [0.05, 0.1) is 6.10 Å². The van der Waals surface area contributed by atoms with Crippen LogP contribution in [0, 0.1) is 5.92 Å². The van der Waals surface area contributed by atoms with Crippen molar-refractivity contribution in [1.82, 2.24) is 4.98 Å². The molecule has 3 aromatic rings. The summed E-state index contributed by atoms with van der Waals surface area (Å²) in [5.41, 5.74) is 9.73. The molecule has 0 amide bonds. The summed E-state index contributed by atoms with van der Waals surface area (Å²) in [5.74, 6) is 0.299. The minimum absolute atomic E-state index is 0.0427. The van der Waals surface area contributed by atoms with Crippen molar-refractivity contribution < 1.29 is 5.11 Å². The van der Waals surface area contributed by atoms with Crippen molar-refractivity contribution in [2.24, 2.45) is 11.7 Å². The smallest absolute Gasteiger partial charge is 0.0804 e. The van der Waals surface area contributed by atoms with Gasteiger partial charge in [-0.3, -0.25) is 0 Å². The maximum atomic E-state index is 10.4. The Morgan fingerprint density at radius 1 is 1.04 bits per heavy atom. The number of nitrogens with two attached hydrogens (primary N) is 1. The van der Waals surface area contributed by atoms with E-state index in [0.29, 0.717) is 12.3 Å². The maximum absolute atomic E-state index is 10.4. The van der Waals surface area contributed by atoms with E-state index < -0.39 is 6.10 Å². The van der Waals surface area contributed by atoms with Crippen molar-refractivity contribution in [2.75, 3.05) is 0 Å². The Kier molecular flexibility index (Phi) is 4.79. The summed E-state index contributed by atoms with van der Waals surface area (Å²) >= 11 is 0. The summed E-state index contributed by atoms with van der Waals surface area (Å²) in [5, 5.41) is 11.6. The van der Waals surface area contributed by atoms with E-state index in [1.165, 1.54) is 10.9 Å². The SMILES string of the molecule is CC(Cc1c[nH]c2ccccc12)C(N)CC(O)c1ccccc1. The number of aliphatic hydroxyl groups is 1. The van der Waals surface area contributed by atoms with Crippen LogP contribution in [0.2, 0.25) is 0 Å². The lowest BCUT2D eigenvalue weighted by atomic mass is 9.89. The van der Waals surface area contributed by atoms with Crippen LogP contribution in [-0.4, -0.2) is 16.1 Å². The van der Waals surface area contributed by atoms with Gasteiger partial charge >= 0.3 is 0 Å². The molecular weight excluding hydrogens is 284 g/mol. The second-order valence-corrected chi connectivity index (χ2v) is 6.37. The molecule has 4 N–H and O–H groups in total. The van der Waals surface area contributed by atoms with Gasteiger partial charge in [-0.1, -0.05) is 55.5 Å². The predicted molar refractivity (Wildman–Crippen MR) is 95.2 cm³/mol. The Balaban J connectivity index is 1.64. The number of fused-ring (bicyclic) bond motifs is 1. The average Bonchev–Trinajstić information content (AvgIpc) is 2.98. The van der Waals surface area contributed by atoms with Gasteiger partial charge in [0.15, 0.2) is 0 Å². The second kappa shape index (κ2) is 6.99. The molecule has 23 heavy (non-hydrogen) atoms. The van der Waals surface area contributed by atoms with Crippen molar-refractivity contribution in [3.8, 4) is 0 Å². The van der Waals surface area contributed by atoms with Crippen LogP contribution in [0.1, 0.15) is 30.6 Å². The zero-order valence-corrected chi connectivity index (χ0v) is 13.4. The van der Waals surface area contributed by atoms with Crippen LogP contribution in [0.15, 0.2) is 60.8 Å². The van der Waals surface area contributed by atoms with Crippen LogP contribution in [0.4, 0.5) is 0 Å². The first kappa shape index (κ1) is 15.8. The lowest BCUT2D eigenvalue weighted by molar-refractivity contribution is 0.148. The molecule has 120 valence electrons. The van der Waals surface area contributed by atoms with E-state index in [-0.39, 0.29) is 6.04 Å². The monoisotopic (exact) mass is 308 g/mol. The third kappa shape index (κ3) is 3.63. The number of aromatic amines is 1. The molecule has 2 aromatic carbocycles. The fraction of sp³-hybridized carbons (Fsp3) is 0.300. The highest BCUT2D eigenvalue weighted by molar-refractivity contribution is 5.83. The Hall–Kier alpha value is -2.10. The zero-order chi connectivity index (χ0) is 16.2. The summed E-state index contributed by atoms with van der Waals surface area (Å²) in [7, 11) is 0. The van der Waals surface area contributed by atoms with Crippen molar-refractivity contribution in [3.63, 3.8) is 0 Å². The predicted octanol–water partition coefficient (Wildman–Crippen LogP) is 3.80. The van der Waals surface area contributed by atoms with Gasteiger partial charge in [0.2, 0.25) is 0 Å². The molecule has 0 aliphatic rings. The Morgan fingerprint density at radius 3 is 2.52 bits per heavy atom. The fourth-order valence-electron chi connectivity index (χ4n) is 3.10. The minimum atomic E-state index is -0.503. The largest absolute Gasteiger partial charge is 0.388 e. The van der Waals surface area contributed by atoms with E-state index in [0.717, 1.165) is 17.5 Å². The number of rotatable bonds is 6. The van der Waals surface area contributed by atoms with Gasteiger partial charge in [-0.05, 0) is 36.0 Å². The number of hydrogen-bond acceptors (Lipinski definition) is 2. The number of hydrogen-bond donors (Lipinski definition) is 3. The molecule has 0 fully saturated rings. The Labute approximate surface area is 137 Å². The van der Waals surface area contributed by atoms with Gasteiger partial charge in [-0.15, -0.1) is 0 Å². The maximum Gasteiger partial charge on any atom is 0.0804 e. The topological polar surface area (TPSA) is 62.0 Å². The molecule has 3 rings (SSSR count). The van der Waals surface area contributed by atoms with E-state index in [1.54, 1.807) is 0 Å². The molecule has 3 nitrogen and oxygen atoms in total. The van der Waals surface area contributed by atoms with Crippen molar-refractivity contribution in [2.45, 2.75) is 31.9 Å². The first-order valence-corrected chi connectivity index (χ1v) is 8.18. The molecule has 0 saturated heterocycles. The van der Waals surface area contributed by atoms with Gasteiger partial charge in [0.1, 0.15) is 0 Å². The molecule has 0 aliphatic carbocycles. The highest BCUT2D eigenvalue weighted by Crippen LogP contribution is 2.25. The molecule has 0 radical (unpaired) electrons. The first-order chi connectivity index (χ1) is 11.1. The van der Waals surface area contributed by atoms with Crippen LogP contribution in [-0.2, 0) is 6.42 Å². The highest BCUT2D eigenvalue weighted by atomic mass is 16.3. The molecule has 0 spiro atoms. The molecule has 3 atom stereocenters. The molecule has 3 heteroatoms. The minimum Gasteiger partial charge on any atom is -0.388 e. The third-order valence-electron chi connectivity index (χ3n) is 4.63. The van der Waals surface area contributed by atoms with Gasteiger partial charge in [-0.2, -0.15) is 0 Å². The van der Waals surface area contributed by atoms with E-state index >= 15 is 0 Å². The highest BCUT2D eigenvalue weighted by Gasteiger charge is 2.19. The standard InChI is InChI=1S/C20H24N2O/c1-14(11-16-13-22-19-10-6-5-9-17(16)19)18(21)12-20(23)15-7-3-2-4-8-15/h2-10,13-14,18,20,22-23H,11-12,21H2,1H3. The van der Waals surface area contributed by atoms with Gasteiger partial charge in [0.25, 0.3) is 0 Å². The normalized spacial score (nSPS) is 15.4. The number of benzene rings is 2.